The van der Waals surface area contributed by atoms with E-state index in [9.17, 15) is 14.4 Å². The average molecular weight is 1070 g/mol. The van der Waals surface area contributed by atoms with Gasteiger partial charge < -0.3 is 14.2 Å². The summed E-state index contributed by atoms with van der Waals surface area (Å²) in [4.78, 5) is 38.2. The summed E-state index contributed by atoms with van der Waals surface area (Å²) < 4.78 is 16.8. The van der Waals surface area contributed by atoms with Crippen LogP contribution in [0.15, 0.2) is 134 Å². The van der Waals surface area contributed by atoms with E-state index in [1.54, 1.807) is 0 Å². The summed E-state index contributed by atoms with van der Waals surface area (Å²) in [6.45, 7) is 6.32. The molecule has 6 heteroatoms. The molecular weight excluding hydrogens is 949 g/mol. The van der Waals surface area contributed by atoms with Crippen molar-refractivity contribution in [1.29, 1.82) is 0 Å². The van der Waals surface area contributed by atoms with Crippen LogP contribution >= 0.6 is 0 Å². The monoisotopic (exact) mass is 1060 g/mol. The Labute approximate surface area is 475 Å². The molecule has 1 unspecified atom stereocenters. The van der Waals surface area contributed by atoms with Crippen LogP contribution in [0.3, 0.4) is 0 Å². The van der Waals surface area contributed by atoms with Crippen molar-refractivity contribution in [3.05, 3.63) is 134 Å². The van der Waals surface area contributed by atoms with E-state index >= 15 is 0 Å². The number of esters is 3. The van der Waals surface area contributed by atoms with Crippen molar-refractivity contribution in [2.45, 2.75) is 284 Å². The van der Waals surface area contributed by atoms with E-state index in [0.717, 1.165) is 103 Å². The minimum atomic E-state index is -0.815. The maximum Gasteiger partial charge on any atom is 0.306 e. The van der Waals surface area contributed by atoms with Crippen LogP contribution < -0.4 is 0 Å². The number of unbranched alkanes of at least 4 members (excludes halogenated alkanes) is 23. The molecule has 0 aliphatic rings. The molecule has 0 N–H and O–H groups in total. The normalized spacial score (nSPS) is 13.0. The van der Waals surface area contributed by atoms with E-state index in [1.807, 2.05) is 6.08 Å². The van der Waals surface area contributed by atoms with Crippen molar-refractivity contribution in [3.63, 3.8) is 0 Å². The summed E-state index contributed by atoms with van der Waals surface area (Å²) in [7, 11) is 0. The smallest absolute Gasteiger partial charge is 0.306 e. The molecular formula is C71H116O6. The lowest BCUT2D eigenvalue weighted by molar-refractivity contribution is -0.166. The van der Waals surface area contributed by atoms with Crippen molar-refractivity contribution < 1.29 is 28.6 Å². The highest BCUT2D eigenvalue weighted by atomic mass is 16.6. The van der Waals surface area contributed by atoms with Crippen LogP contribution in [0.1, 0.15) is 278 Å². The highest BCUT2D eigenvalue weighted by Gasteiger charge is 2.19. The quantitative estimate of drug-likeness (QED) is 0.0261. The van der Waals surface area contributed by atoms with E-state index in [-0.39, 0.29) is 37.5 Å². The largest absolute Gasteiger partial charge is 0.462 e. The van der Waals surface area contributed by atoms with Gasteiger partial charge in [-0.1, -0.05) is 270 Å². The summed E-state index contributed by atoms with van der Waals surface area (Å²) in [5, 5.41) is 0. The number of ether oxygens (including phenoxy) is 3. The minimum absolute atomic E-state index is 0.106. The maximum absolute atomic E-state index is 12.9. The van der Waals surface area contributed by atoms with Crippen LogP contribution in [-0.2, 0) is 28.6 Å². The molecule has 0 saturated carbocycles. The molecule has 0 aromatic heterocycles. The van der Waals surface area contributed by atoms with Gasteiger partial charge in [-0.2, -0.15) is 0 Å². The fraction of sp³-hybridized carbons (Fsp3) is 0.648. The lowest BCUT2D eigenvalue weighted by Crippen LogP contribution is -2.30. The Morgan fingerprint density at radius 1 is 0.273 bits per heavy atom. The Kier molecular flexibility index (Phi) is 60.4. The summed E-state index contributed by atoms with van der Waals surface area (Å²) in [5.74, 6) is -0.997. The standard InChI is InChI=1S/C71H116O6/c1-4-7-10-13-16-19-22-25-27-29-31-32-33-34-35-36-37-38-40-41-43-46-49-52-55-58-61-64-70(73)76-67-68(66-75-69(72)63-60-57-54-51-48-45-24-21-18-15-12-9-6-3)77-71(74)65-62-59-56-53-50-47-44-42-39-30-28-26-23-20-17-14-11-8-5-2/h7,9-10,12,16-21,25-28,31-32,34-35,45,48,54,57,68H,4-6,8,11,13-15,22-24,29-30,33,36-44,46-47,49-53,55-56,58-67H2,1-3H3/b10-7-,12-9-,19-16-,20-17-,21-18-,27-25-,28-26-,32-31-,35-34-,48-45-,57-54-. The van der Waals surface area contributed by atoms with Gasteiger partial charge in [0.1, 0.15) is 13.2 Å². The first-order valence-corrected chi connectivity index (χ1v) is 31.7. The zero-order valence-electron chi connectivity index (χ0n) is 49.9. The van der Waals surface area contributed by atoms with Gasteiger partial charge >= 0.3 is 17.9 Å². The molecule has 0 aliphatic carbocycles. The average Bonchev–Trinajstić information content (AvgIpc) is 3.43. The van der Waals surface area contributed by atoms with Gasteiger partial charge in [-0.3, -0.25) is 14.4 Å². The first kappa shape index (κ1) is 72.5. The molecule has 0 saturated heterocycles. The zero-order chi connectivity index (χ0) is 55.7. The lowest BCUT2D eigenvalue weighted by atomic mass is 10.0. The Morgan fingerprint density at radius 2 is 0.532 bits per heavy atom. The van der Waals surface area contributed by atoms with Crippen LogP contribution in [-0.4, -0.2) is 37.2 Å². The van der Waals surface area contributed by atoms with Crippen molar-refractivity contribution in [2.75, 3.05) is 13.2 Å². The second-order valence-electron chi connectivity index (χ2n) is 20.5. The lowest BCUT2D eigenvalue weighted by Gasteiger charge is -2.18. The highest BCUT2D eigenvalue weighted by molar-refractivity contribution is 5.71. The van der Waals surface area contributed by atoms with E-state index < -0.39 is 6.10 Å². The number of carbonyl (C=O) groups excluding carboxylic acids is 3. The fourth-order valence-corrected chi connectivity index (χ4v) is 8.45. The van der Waals surface area contributed by atoms with Gasteiger partial charge in [-0.15, -0.1) is 0 Å². The van der Waals surface area contributed by atoms with Gasteiger partial charge in [0.15, 0.2) is 6.10 Å². The summed E-state index contributed by atoms with van der Waals surface area (Å²) >= 11 is 0. The van der Waals surface area contributed by atoms with Crippen molar-refractivity contribution in [2.24, 2.45) is 0 Å². The molecule has 1 atom stereocenters. The number of rotatable bonds is 56. The second-order valence-corrected chi connectivity index (χ2v) is 20.5. The van der Waals surface area contributed by atoms with Gasteiger partial charge in [-0.05, 0) is 122 Å². The third kappa shape index (κ3) is 62.3. The Bertz CT molecular complexity index is 1650. The molecule has 0 amide bonds. The number of hydrogen-bond acceptors (Lipinski definition) is 6. The molecule has 0 heterocycles. The van der Waals surface area contributed by atoms with Crippen LogP contribution in [0.25, 0.3) is 0 Å². The van der Waals surface area contributed by atoms with Crippen molar-refractivity contribution in [3.8, 4) is 0 Å². The third-order valence-electron chi connectivity index (χ3n) is 13.1. The Morgan fingerprint density at radius 3 is 0.870 bits per heavy atom. The molecule has 0 fully saturated rings. The molecule has 0 bridgehead atoms. The molecule has 0 aromatic rings. The molecule has 0 aliphatic heterocycles. The van der Waals surface area contributed by atoms with E-state index in [4.69, 9.17) is 14.2 Å². The fourth-order valence-electron chi connectivity index (χ4n) is 8.45. The third-order valence-corrected chi connectivity index (χ3v) is 13.1. The highest BCUT2D eigenvalue weighted by Crippen LogP contribution is 2.15. The molecule has 0 spiro atoms. The van der Waals surface area contributed by atoms with E-state index in [0.29, 0.717) is 19.3 Å². The molecule has 77 heavy (non-hydrogen) atoms. The van der Waals surface area contributed by atoms with Gasteiger partial charge in [0.05, 0.1) is 0 Å². The van der Waals surface area contributed by atoms with Crippen LogP contribution in [0.2, 0.25) is 0 Å². The van der Waals surface area contributed by atoms with Crippen molar-refractivity contribution in [1.82, 2.24) is 0 Å². The van der Waals surface area contributed by atoms with Crippen LogP contribution in [0.5, 0.6) is 0 Å². The van der Waals surface area contributed by atoms with E-state index in [2.05, 4.69) is 148 Å². The zero-order valence-corrected chi connectivity index (χ0v) is 49.9. The number of carbonyl (C=O) groups is 3. The number of hydrogen-bond donors (Lipinski definition) is 0. The Hall–Kier alpha value is -4.45. The molecule has 0 aromatic carbocycles. The SMILES string of the molecule is CC/C=C\C/C=C\C/C=C\C/C=C\C/C=C\CCCCCCCCCCCCCC(=O)OCC(COC(=O)CC/C=C\C/C=C\C/C=C\C/C=C\CC)OC(=O)CCCCCCCCCCC/C=C\C/C=C\CCCCC. The van der Waals surface area contributed by atoms with Gasteiger partial charge in [0, 0.05) is 19.3 Å². The van der Waals surface area contributed by atoms with Gasteiger partial charge in [-0.25, -0.2) is 0 Å². The summed E-state index contributed by atoms with van der Waals surface area (Å²) in [6.07, 6.45) is 90.4. The summed E-state index contributed by atoms with van der Waals surface area (Å²) in [5.41, 5.74) is 0. The number of allylic oxidation sites excluding steroid dienone is 22. The van der Waals surface area contributed by atoms with Crippen LogP contribution in [0.4, 0.5) is 0 Å². The van der Waals surface area contributed by atoms with Gasteiger partial charge in [0.2, 0.25) is 0 Å². The topological polar surface area (TPSA) is 78.9 Å². The van der Waals surface area contributed by atoms with Crippen LogP contribution in [0, 0.1) is 0 Å². The molecule has 436 valence electrons. The predicted octanol–water partition coefficient (Wildman–Crippen LogP) is 21.8. The molecule has 6 nitrogen and oxygen atoms in total. The van der Waals surface area contributed by atoms with E-state index in [1.165, 1.54) is 128 Å². The predicted molar refractivity (Wildman–Crippen MR) is 334 cm³/mol. The molecule has 0 rings (SSSR count). The first-order chi connectivity index (χ1) is 38.0. The second kappa shape index (κ2) is 64.1. The first-order valence-electron chi connectivity index (χ1n) is 31.7. The maximum atomic E-state index is 12.9. The minimum Gasteiger partial charge on any atom is -0.462 e. The summed E-state index contributed by atoms with van der Waals surface area (Å²) in [6, 6.07) is 0. The molecule has 0 radical (unpaired) electrons. The Balaban J connectivity index is 4.36. The van der Waals surface area contributed by atoms with Crippen molar-refractivity contribution >= 4 is 17.9 Å². The van der Waals surface area contributed by atoms with Gasteiger partial charge in [0.25, 0.3) is 0 Å².